The van der Waals surface area contributed by atoms with Crippen LogP contribution in [0, 0.1) is 5.92 Å². The van der Waals surface area contributed by atoms with E-state index in [1.54, 1.807) is 18.3 Å². The fraction of sp³-hybridized carbons (Fsp3) is 0.550. The van der Waals surface area contributed by atoms with E-state index in [0.29, 0.717) is 36.7 Å². The van der Waals surface area contributed by atoms with Crippen LogP contribution in [0.5, 0.6) is 0 Å². The van der Waals surface area contributed by atoms with E-state index in [-0.39, 0.29) is 17.9 Å². The van der Waals surface area contributed by atoms with Crippen molar-refractivity contribution in [1.29, 1.82) is 0 Å². The third-order valence-electron chi connectivity index (χ3n) is 4.88. The Kier molecular flexibility index (Phi) is 9.15. The number of benzene rings is 1. The van der Waals surface area contributed by atoms with Crippen molar-refractivity contribution in [3.05, 3.63) is 28.2 Å². The molecule has 1 fully saturated rings. The van der Waals surface area contributed by atoms with Gasteiger partial charge in [-0.1, -0.05) is 31.4 Å². The van der Waals surface area contributed by atoms with E-state index < -0.39 is 0 Å². The van der Waals surface area contributed by atoms with Crippen LogP contribution in [0.2, 0.25) is 5.02 Å². The molecule has 8 heteroatoms. The molecule has 0 saturated heterocycles. The highest BCUT2D eigenvalue weighted by molar-refractivity contribution is 7.18. The molecule has 1 atom stereocenters. The van der Waals surface area contributed by atoms with Crippen molar-refractivity contribution in [3.8, 4) is 0 Å². The zero-order chi connectivity index (χ0) is 20.5. The number of amides is 2. The highest BCUT2D eigenvalue weighted by Gasteiger charge is 2.25. The van der Waals surface area contributed by atoms with Crippen molar-refractivity contribution in [3.63, 3.8) is 0 Å². The number of nitrogens with zero attached hydrogens (tertiary/aromatic N) is 1. The molecule has 1 unspecified atom stereocenters. The molecule has 1 aliphatic carbocycles. The summed E-state index contributed by atoms with van der Waals surface area (Å²) in [6.07, 6.45) is 6.43. The van der Waals surface area contributed by atoms with Gasteiger partial charge in [0.2, 0.25) is 11.8 Å². The molecule has 1 aromatic heterocycles. The Bertz CT molecular complexity index is 790. The van der Waals surface area contributed by atoms with E-state index in [1.807, 2.05) is 18.2 Å². The quantitative estimate of drug-likeness (QED) is 0.632. The van der Waals surface area contributed by atoms with Crippen molar-refractivity contribution in [1.82, 2.24) is 10.3 Å². The molecule has 3 rings (SSSR count). The van der Waals surface area contributed by atoms with Gasteiger partial charge in [-0.15, -0.1) is 11.3 Å². The molecule has 1 saturated carbocycles. The van der Waals surface area contributed by atoms with Crippen molar-refractivity contribution in [2.45, 2.75) is 57.9 Å². The highest BCUT2D eigenvalue weighted by Crippen LogP contribution is 2.28. The number of nitrogens with one attached hydrogen (secondary N) is 1. The second-order valence-corrected chi connectivity index (χ2v) is 8.55. The maximum absolute atomic E-state index is 12.2. The molecule has 1 aromatic carbocycles. The molecule has 2 amide bonds. The van der Waals surface area contributed by atoms with Gasteiger partial charge in [0.25, 0.3) is 0 Å². The van der Waals surface area contributed by atoms with Crippen LogP contribution in [0.4, 0.5) is 0 Å². The van der Waals surface area contributed by atoms with Gasteiger partial charge in [0.05, 0.1) is 15.2 Å². The predicted molar refractivity (Wildman–Crippen MR) is 115 cm³/mol. The van der Waals surface area contributed by atoms with Crippen molar-refractivity contribution >= 4 is 45.0 Å². The maximum Gasteiger partial charge on any atom is 0.220 e. The molecule has 1 heterocycles. The number of fused-ring (bicyclic) bond motifs is 1. The van der Waals surface area contributed by atoms with Crippen LogP contribution in [-0.4, -0.2) is 29.4 Å². The summed E-state index contributed by atoms with van der Waals surface area (Å²) in [7, 11) is 0. The number of nitrogens with two attached hydrogens (primary N) is 2. The normalized spacial score (nSPS) is 15.1. The first-order valence-corrected chi connectivity index (χ1v) is 10.9. The van der Waals surface area contributed by atoms with Crippen LogP contribution >= 0.6 is 22.9 Å². The highest BCUT2D eigenvalue weighted by atomic mass is 35.5. The van der Waals surface area contributed by atoms with Gasteiger partial charge in [0.1, 0.15) is 0 Å². The van der Waals surface area contributed by atoms with Crippen molar-refractivity contribution in [2.75, 3.05) is 6.54 Å². The lowest BCUT2D eigenvalue weighted by Gasteiger charge is -2.23. The van der Waals surface area contributed by atoms with Crippen molar-refractivity contribution < 1.29 is 9.59 Å². The summed E-state index contributed by atoms with van der Waals surface area (Å²) >= 11 is 7.60. The second kappa shape index (κ2) is 11.3. The molecule has 5 N–H and O–H groups in total. The lowest BCUT2D eigenvalue weighted by molar-refractivity contribution is -0.122. The molecule has 1 aliphatic rings. The zero-order valence-corrected chi connectivity index (χ0v) is 17.8. The molecule has 6 nitrogen and oxygen atoms in total. The Balaban J connectivity index is 0.000000500. The Morgan fingerprint density at radius 3 is 2.64 bits per heavy atom. The van der Waals surface area contributed by atoms with Crippen LogP contribution in [-0.2, 0) is 16.0 Å². The lowest BCUT2D eigenvalue weighted by Crippen LogP contribution is -2.44. The average molecular weight is 425 g/mol. The third-order valence-corrected chi connectivity index (χ3v) is 6.19. The topological polar surface area (TPSA) is 111 Å². The van der Waals surface area contributed by atoms with Gasteiger partial charge in [-0.25, -0.2) is 4.98 Å². The summed E-state index contributed by atoms with van der Waals surface area (Å²) in [6, 6.07) is 5.80. The van der Waals surface area contributed by atoms with Crippen LogP contribution in [0.25, 0.3) is 10.2 Å². The van der Waals surface area contributed by atoms with Crippen LogP contribution in [0.1, 0.15) is 50.5 Å². The van der Waals surface area contributed by atoms with Crippen LogP contribution in [0.3, 0.4) is 0 Å². The fourth-order valence-corrected chi connectivity index (χ4v) is 4.52. The minimum absolute atomic E-state index is 0.0737. The SMILES string of the molecule is CCC(N)=O.NCC(NC(=O)CCc1nc2ccc(Cl)cc2s1)C1CCCC1. The summed E-state index contributed by atoms with van der Waals surface area (Å²) in [5.41, 5.74) is 11.4. The number of hydrogen-bond donors (Lipinski definition) is 3. The molecule has 154 valence electrons. The molecule has 0 aliphatic heterocycles. The summed E-state index contributed by atoms with van der Waals surface area (Å²) in [6.45, 7) is 2.25. The summed E-state index contributed by atoms with van der Waals surface area (Å²) < 4.78 is 1.07. The molecule has 28 heavy (non-hydrogen) atoms. The predicted octanol–water partition coefficient (Wildman–Crippen LogP) is 3.40. The van der Waals surface area contributed by atoms with Crippen LogP contribution in [0.15, 0.2) is 18.2 Å². The fourth-order valence-electron chi connectivity index (χ4n) is 3.28. The first-order chi connectivity index (χ1) is 13.4. The van der Waals surface area contributed by atoms with Gasteiger partial charge in [-0.2, -0.15) is 0 Å². The van der Waals surface area contributed by atoms with E-state index >= 15 is 0 Å². The van der Waals surface area contributed by atoms with Gasteiger partial charge in [0.15, 0.2) is 0 Å². The number of primary amides is 1. The standard InChI is InChI=1S/C17H22ClN3OS.C3H7NO/c18-12-5-6-13-15(9-12)23-17(21-13)8-7-16(22)20-14(10-19)11-3-1-2-4-11;1-2-3(4)5/h5-6,9,11,14H,1-4,7-8,10,19H2,(H,20,22);2H2,1H3,(H2,4,5). The Hall–Kier alpha value is -1.70. The van der Waals surface area contributed by atoms with Gasteiger partial charge < -0.3 is 16.8 Å². The number of carbonyl (C=O) groups is 2. The first-order valence-electron chi connectivity index (χ1n) is 9.75. The summed E-state index contributed by atoms with van der Waals surface area (Å²) in [5.74, 6) is 0.378. The summed E-state index contributed by atoms with van der Waals surface area (Å²) in [4.78, 5) is 26.3. The van der Waals surface area contributed by atoms with Gasteiger partial charge in [0, 0.05) is 36.9 Å². The molecule has 2 aromatic rings. The molecule has 0 bridgehead atoms. The Morgan fingerprint density at radius 2 is 2.04 bits per heavy atom. The van der Waals surface area contributed by atoms with Gasteiger partial charge in [-0.05, 0) is 37.0 Å². The third kappa shape index (κ3) is 7.04. The summed E-state index contributed by atoms with van der Waals surface area (Å²) in [5, 5.41) is 4.80. The molecule has 0 spiro atoms. The Labute approximate surface area is 175 Å². The molecular formula is C20H29ClN4O2S. The maximum atomic E-state index is 12.2. The van der Waals surface area contributed by atoms with Gasteiger partial charge >= 0.3 is 0 Å². The lowest BCUT2D eigenvalue weighted by atomic mass is 9.98. The van der Waals surface area contributed by atoms with Crippen LogP contribution < -0.4 is 16.8 Å². The van der Waals surface area contributed by atoms with Crippen molar-refractivity contribution in [2.24, 2.45) is 17.4 Å². The minimum Gasteiger partial charge on any atom is -0.370 e. The molecule has 0 radical (unpaired) electrons. The first kappa shape index (κ1) is 22.6. The monoisotopic (exact) mass is 424 g/mol. The number of hydrogen-bond acceptors (Lipinski definition) is 5. The van der Waals surface area contributed by atoms with E-state index in [9.17, 15) is 9.59 Å². The number of aryl methyl sites for hydroxylation is 1. The van der Waals surface area contributed by atoms with E-state index in [1.165, 1.54) is 25.7 Å². The van der Waals surface area contributed by atoms with E-state index in [0.717, 1.165) is 15.2 Å². The molecular weight excluding hydrogens is 396 g/mol. The van der Waals surface area contributed by atoms with E-state index in [2.05, 4.69) is 16.0 Å². The number of thiazole rings is 1. The second-order valence-electron chi connectivity index (χ2n) is 6.99. The largest absolute Gasteiger partial charge is 0.370 e. The number of halogens is 1. The number of carbonyl (C=O) groups excluding carboxylic acids is 2. The smallest absolute Gasteiger partial charge is 0.220 e. The number of aromatic nitrogens is 1. The van der Waals surface area contributed by atoms with Gasteiger partial charge in [-0.3, -0.25) is 9.59 Å². The zero-order valence-electron chi connectivity index (χ0n) is 16.2. The minimum atomic E-state index is -0.245. The average Bonchev–Trinajstić information content (AvgIpc) is 3.34. The number of rotatable bonds is 7. The Morgan fingerprint density at radius 1 is 1.36 bits per heavy atom. The van der Waals surface area contributed by atoms with E-state index in [4.69, 9.17) is 17.3 Å².